The normalized spacial score (nSPS) is 25.6. The number of ether oxygens (including phenoxy) is 2. The Hall–Kier alpha value is -2.33. The first-order valence-electron chi connectivity index (χ1n) is 10.0. The number of rotatable bonds is 7. The summed E-state index contributed by atoms with van der Waals surface area (Å²) in [5, 5.41) is 39.7. The minimum atomic E-state index is -1.19. The minimum absolute atomic E-state index is 0.189. The van der Waals surface area contributed by atoms with Crippen molar-refractivity contribution in [2.75, 3.05) is 13.7 Å². The predicted molar refractivity (Wildman–Crippen MR) is 115 cm³/mol. The first-order chi connectivity index (χ1) is 15.5. The van der Waals surface area contributed by atoms with E-state index in [1.54, 1.807) is 25.4 Å². The van der Waals surface area contributed by atoms with Crippen molar-refractivity contribution >= 4 is 15.0 Å². The number of benzene rings is 2. The number of aliphatic hydroxyl groups is 3. The van der Waals surface area contributed by atoms with Crippen LogP contribution >= 0.6 is 0 Å². The van der Waals surface area contributed by atoms with Crippen molar-refractivity contribution < 1.29 is 29.2 Å². The van der Waals surface area contributed by atoms with E-state index in [-0.39, 0.29) is 15.0 Å². The van der Waals surface area contributed by atoms with Crippen LogP contribution in [-0.2, 0) is 10.1 Å². The molecule has 1 aliphatic rings. The quantitative estimate of drug-likeness (QED) is 0.408. The van der Waals surface area contributed by atoms with Gasteiger partial charge in [0.2, 0.25) is 0 Å². The Labute approximate surface area is 190 Å². The average molecular weight is 508 g/mol. The van der Waals surface area contributed by atoms with Crippen molar-refractivity contribution in [1.82, 2.24) is 15.0 Å². The fourth-order valence-corrected chi connectivity index (χ4v) is 5.99. The Morgan fingerprint density at radius 3 is 2.62 bits per heavy atom. The van der Waals surface area contributed by atoms with Gasteiger partial charge in [-0.05, 0) is 0 Å². The molecule has 8 nitrogen and oxygen atoms in total. The van der Waals surface area contributed by atoms with E-state index in [9.17, 15) is 19.7 Å². The molecule has 1 saturated heterocycles. The number of methoxy groups -OCH3 is 1. The third-order valence-electron chi connectivity index (χ3n) is 5.36. The van der Waals surface area contributed by atoms with Crippen LogP contribution in [0.1, 0.15) is 11.6 Å². The summed E-state index contributed by atoms with van der Waals surface area (Å²) < 4.78 is 25.9. The maximum absolute atomic E-state index is 13.6. The first kappa shape index (κ1) is 22.8. The Balaban J connectivity index is 1.53. The van der Waals surface area contributed by atoms with E-state index < -0.39 is 41.8 Å². The van der Waals surface area contributed by atoms with Crippen LogP contribution in [0.25, 0.3) is 11.3 Å². The summed E-state index contributed by atoms with van der Waals surface area (Å²) in [6.45, 7) is -0.398. The van der Waals surface area contributed by atoms with Gasteiger partial charge in [0.25, 0.3) is 0 Å². The van der Waals surface area contributed by atoms with Crippen LogP contribution in [0.4, 0.5) is 4.39 Å². The van der Waals surface area contributed by atoms with E-state index in [0.29, 0.717) is 16.6 Å². The molecule has 0 saturated carbocycles. The van der Waals surface area contributed by atoms with Crippen LogP contribution in [0.2, 0.25) is 0 Å². The third kappa shape index (κ3) is 4.85. The molecule has 1 aliphatic heterocycles. The summed E-state index contributed by atoms with van der Waals surface area (Å²) in [7, 11) is 1.61. The molecule has 170 valence electrons. The first-order valence-corrected chi connectivity index (χ1v) is 12.2. The number of halogens is 1. The molecule has 2 heterocycles. The number of aromatic nitrogens is 3. The molecule has 0 spiro atoms. The van der Waals surface area contributed by atoms with Crippen molar-refractivity contribution in [1.29, 1.82) is 0 Å². The van der Waals surface area contributed by atoms with E-state index in [1.165, 1.54) is 16.8 Å². The number of hydrogen-bond acceptors (Lipinski definition) is 7. The fraction of sp³-hybridized carbons (Fsp3) is 0.364. The second-order valence-electron chi connectivity index (χ2n) is 7.45. The molecule has 0 unspecified atom stereocenters. The van der Waals surface area contributed by atoms with Gasteiger partial charge >= 0.3 is 191 Å². The molecule has 3 N–H and O–H groups in total. The van der Waals surface area contributed by atoms with Gasteiger partial charge in [0.05, 0.1) is 0 Å². The molecule has 3 aromatic rings. The second-order valence-corrected chi connectivity index (χ2v) is 9.73. The van der Waals surface area contributed by atoms with Crippen molar-refractivity contribution in [3.63, 3.8) is 0 Å². The van der Waals surface area contributed by atoms with Crippen LogP contribution < -0.4 is 4.74 Å². The fourth-order valence-electron chi connectivity index (χ4n) is 3.62. The van der Waals surface area contributed by atoms with Gasteiger partial charge in [-0.25, -0.2) is 0 Å². The Morgan fingerprint density at radius 2 is 1.94 bits per heavy atom. The summed E-state index contributed by atoms with van der Waals surface area (Å²) in [4.78, 5) is 0. The molecular formula is C22H24FN3O5Se. The van der Waals surface area contributed by atoms with E-state index in [2.05, 4.69) is 10.3 Å². The van der Waals surface area contributed by atoms with Crippen molar-refractivity contribution in [2.45, 2.75) is 34.7 Å². The van der Waals surface area contributed by atoms with E-state index in [0.717, 1.165) is 11.3 Å². The zero-order valence-corrected chi connectivity index (χ0v) is 19.0. The van der Waals surface area contributed by atoms with Crippen LogP contribution in [0.15, 0.2) is 54.7 Å². The zero-order chi connectivity index (χ0) is 22.7. The monoisotopic (exact) mass is 509 g/mol. The van der Waals surface area contributed by atoms with Crippen LogP contribution in [-0.4, -0.2) is 82.3 Å². The molecule has 0 bridgehead atoms. The Morgan fingerprint density at radius 1 is 1.16 bits per heavy atom. The SMILES string of the molecule is COc1ccc(C[Se][C@@H]2O[C@H](CO)[C@H](O)[C@H](n3cc(-c4cccc(F)c4)nn3)[C@H]2O)cc1. The second kappa shape index (κ2) is 10.1. The van der Waals surface area contributed by atoms with Crippen molar-refractivity contribution in [3.8, 4) is 17.0 Å². The predicted octanol–water partition coefficient (Wildman–Crippen LogP) is 0.977. The molecule has 4 rings (SSSR count). The molecule has 0 radical (unpaired) electrons. The Bertz CT molecular complexity index is 1030. The van der Waals surface area contributed by atoms with Gasteiger partial charge in [-0.2, -0.15) is 0 Å². The molecular weight excluding hydrogens is 484 g/mol. The van der Waals surface area contributed by atoms with Crippen LogP contribution in [0.5, 0.6) is 5.75 Å². The molecule has 1 aromatic heterocycles. The number of hydrogen-bond donors (Lipinski definition) is 3. The van der Waals surface area contributed by atoms with E-state index in [4.69, 9.17) is 9.47 Å². The molecule has 32 heavy (non-hydrogen) atoms. The van der Waals surface area contributed by atoms with Gasteiger partial charge in [-0.1, -0.05) is 0 Å². The summed E-state index contributed by atoms with van der Waals surface area (Å²) in [5.74, 6) is 0.365. The maximum atomic E-state index is 13.6. The van der Waals surface area contributed by atoms with Gasteiger partial charge < -0.3 is 0 Å². The molecule has 0 amide bonds. The standard InChI is InChI=1S/C22H24FN3O5Se/c1-30-16-7-5-13(6-8-16)12-32-22-21(29)19(20(28)18(11-27)31-22)26-10-17(24-25-26)14-3-2-4-15(23)9-14/h2-10,18-22,27-29H,11-12H2,1H3/t18-,19+,20+,21-,22+/m1/s1. The molecule has 2 aromatic carbocycles. The Kier molecular flexibility index (Phi) is 7.20. The average Bonchev–Trinajstić information content (AvgIpc) is 3.29. The zero-order valence-electron chi connectivity index (χ0n) is 17.3. The molecule has 0 aliphatic carbocycles. The molecule has 10 heteroatoms. The van der Waals surface area contributed by atoms with Gasteiger partial charge in [0.1, 0.15) is 0 Å². The summed E-state index contributed by atoms with van der Waals surface area (Å²) in [6.07, 6.45) is -1.56. The summed E-state index contributed by atoms with van der Waals surface area (Å²) in [5.41, 5.74) is 2.02. The van der Waals surface area contributed by atoms with E-state index in [1.807, 2.05) is 24.3 Å². The van der Waals surface area contributed by atoms with E-state index >= 15 is 0 Å². The van der Waals surface area contributed by atoms with Gasteiger partial charge in [0.15, 0.2) is 0 Å². The van der Waals surface area contributed by atoms with Gasteiger partial charge in [-0.3, -0.25) is 0 Å². The summed E-state index contributed by atoms with van der Waals surface area (Å²) >= 11 is -0.189. The van der Waals surface area contributed by atoms with Crippen molar-refractivity contribution in [2.24, 2.45) is 0 Å². The topological polar surface area (TPSA) is 110 Å². The van der Waals surface area contributed by atoms with Crippen LogP contribution in [0, 0.1) is 5.82 Å². The third-order valence-corrected chi connectivity index (χ3v) is 7.91. The van der Waals surface area contributed by atoms with Crippen molar-refractivity contribution in [3.05, 3.63) is 66.1 Å². The summed E-state index contributed by atoms with van der Waals surface area (Å²) in [6, 6.07) is 12.7. The van der Waals surface area contributed by atoms with Crippen LogP contribution in [0.3, 0.4) is 0 Å². The number of nitrogens with zero attached hydrogens (tertiary/aromatic N) is 3. The number of aliphatic hydroxyl groups excluding tert-OH is 3. The molecule has 1 fully saturated rings. The van der Waals surface area contributed by atoms with Gasteiger partial charge in [0, 0.05) is 0 Å². The van der Waals surface area contributed by atoms with Gasteiger partial charge in [-0.15, -0.1) is 0 Å². The molecule has 5 atom stereocenters.